The zero-order valence-corrected chi connectivity index (χ0v) is 18.2. The van der Waals surface area contributed by atoms with Crippen LogP contribution in [0.15, 0.2) is 60.8 Å². The Morgan fingerprint density at radius 2 is 1.91 bits per heavy atom. The maximum Gasteiger partial charge on any atom is 0.326 e. The van der Waals surface area contributed by atoms with E-state index < -0.39 is 17.9 Å². The fourth-order valence-electron chi connectivity index (χ4n) is 2.97. The quantitative estimate of drug-likeness (QED) is 0.431. The molecule has 0 saturated carbocycles. The number of carboxylic acid groups (broad SMARTS) is 1. The molecular weight excluding hydrogens is 432 g/mol. The lowest BCUT2D eigenvalue weighted by Gasteiger charge is -2.15. The predicted octanol–water partition coefficient (Wildman–Crippen LogP) is 3.22. The zero-order valence-electron chi connectivity index (χ0n) is 17.4. The first kappa shape index (κ1) is 23.0. The van der Waals surface area contributed by atoms with Crippen LogP contribution >= 0.6 is 11.6 Å². The summed E-state index contributed by atoms with van der Waals surface area (Å²) in [5.41, 5.74) is 1.64. The Bertz CT molecular complexity index is 1080. The molecule has 3 aromatic rings. The average molecular weight is 455 g/mol. The van der Waals surface area contributed by atoms with Crippen molar-refractivity contribution in [2.75, 3.05) is 19.0 Å². The van der Waals surface area contributed by atoms with Crippen LogP contribution in [-0.4, -0.2) is 46.6 Å². The highest BCUT2D eigenvalue weighted by Crippen LogP contribution is 2.16. The molecule has 0 bridgehead atoms. The van der Waals surface area contributed by atoms with E-state index in [1.807, 2.05) is 25.2 Å². The number of pyridine rings is 2. The Kier molecular flexibility index (Phi) is 7.99. The lowest BCUT2D eigenvalue weighted by molar-refractivity contribution is -0.139. The summed E-state index contributed by atoms with van der Waals surface area (Å²) in [6.45, 7) is 0.457. The van der Waals surface area contributed by atoms with Crippen LogP contribution in [-0.2, 0) is 17.6 Å². The minimum Gasteiger partial charge on any atom is -0.493 e. The van der Waals surface area contributed by atoms with E-state index in [4.69, 9.17) is 16.3 Å². The molecule has 3 rings (SSSR count). The van der Waals surface area contributed by atoms with Crippen LogP contribution < -0.4 is 15.4 Å². The molecular formula is C23H23ClN4O4. The predicted molar refractivity (Wildman–Crippen MR) is 121 cm³/mol. The van der Waals surface area contributed by atoms with Crippen molar-refractivity contribution in [1.82, 2.24) is 15.3 Å². The number of hydrogen-bond acceptors (Lipinski definition) is 6. The van der Waals surface area contributed by atoms with Gasteiger partial charge in [-0.05, 0) is 42.0 Å². The van der Waals surface area contributed by atoms with Gasteiger partial charge in [0, 0.05) is 31.8 Å². The number of rotatable bonds is 10. The summed E-state index contributed by atoms with van der Waals surface area (Å²) in [6.07, 6.45) is 2.18. The fourth-order valence-corrected chi connectivity index (χ4v) is 3.18. The van der Waals surface area contributed by atoms with Gasteiger partial charge in [-0.25, -0.2) is 14.8 Å². The van der Waals surface area contributed by atoms with E-state index in [-0.39, 0.29) is 17.1 Å². The second-order valence-electron chi connectivity index (χ2n) is 6.91. The highest BCUT2D eigenvalue weighted by molar-refractivity contribution is 6.33. The zero-order chi connectivity index (χ0) is 22.9. The molecule has 2 aromatic heterocycles. The van der Waals surface area contributed by atoms with Gasteiger partial charge in [0.25, 0.3) is 5.91 Å². The third-order valence-electron chi connectivity index (χ3n) is 4.63. The van der Waals surface area contributed by atoms with Gasteiger partial charge < -0.3 is 20.5 Å². The Balaban J connectivity index is 1.55. The van der Waals surface area contributed by atoms with Crippen LogP contribution in [0.5, 0.6) is 5.75 Å². The number of anilines is 1. The van der Waals surface area contributed by atoms with Gasteiger partial charge in [-0.2, -0.15) is 0 Å². The van der Waals surface area contributed by atoms with E-state index >= 15 is 0 Å². The smallest absolute Gasteiger partial charge is 0.326 e. The summed E-state index contributed by atoms with van der Waals surface area (Å²) in [6, 6.07) is 14.8. The SMILES string of the molecule is CNc1cccc(CCOc2ccc(C[C@H](NC(=O)c3ncccc3Cl)C(=O)O)cc2)n1. The number of nitrogens with one attached hydrogen (secondary N) is 2. The number of carboxylic acids is 1. The Morgan fingerprint density at radius 3 is 2.59 bits per heavy atom. The largest absolute Gasteiger partial charge is 0.493 e. The van der Waals surface area contributed by atoms with Crippen LogP contribution in [0, 0.1) is 0 Å². The molecule has 1 amide bonds. The molecule has 0 aliphatic heterocycles. The molecule has 8 nitrogen and oxygen atoms in total. The molecule has 0 aliphatic carbocycles. The average Bonchev–Trinajstić information content (AvgIpc) is 2.80. The molecule has 0 spiro atoms. The number of aromatic nitrogens is 2. The van der Waals surface area contributed by atoms with Gasteiger partial charge in [-0.15, -0.1) is 0 Å². The third kappa shape index (κ3) is 6.42. The highest BCUT2D eigenvalue weighted by Gasteiger charge is 2.23. The molecule has 0 unspecified atom stereocenters. The summed E-state index contributed by atoms with van der Waals surface area (Å²) in [4.78, 5) is 32.3. The van der Waals surface area contributed by atoms with Gasteiger partial charge in [0.2, 0.25) is 0 Å². The van der Waals surface area contributed by atoms with Crippen molar-refractivity contribution in [3.8, 4) is 5.75 Å². The molecule has 3 N–H and O–H groups in total. The first-order chi connectivity index (χ1) is 15.5. The molecule has 32 heavy (non-hydrogen) atoms. The molecule has 0 radical (unpaired) electrons. The highest BCUT2D eigenvalue weighted by atomic mass is 35.5. The summed E-state index contributed by atoms with van der Waals surface area (Å²) in [7, 11) is 1.82. The fraction of sp³-hybridized carbons (Fsp3) is 0.217. The molecule has 9 heteroatoms. The summed E-state index contributed by atoms with van der Waals surface area (Å²) < 4.78 is 5.76. The Labute approximate surface area is 190 Å². The van der Waals surface area contributed by atoms with Gasteiger partial charge in [0.05, 0.1) is 11.6 Å². The first-order valence-electron chi connectivity index (χ1n) is 9.96. The molecule has 0 saturated heterocycles. The van der Waals surface area contributed by atoms with Crippen molar-refractivity contribution in [1.29, 1.82) is 0 Å². The number of ether oxygens (including phenoxy) is 1. The van der Waals surface area contributed by atoms with Gasteiger partial charge in [-0.3, -0.25) is 4.79 Å². The number of halogens is 1. The number of hydrogen-bond donors (Lipinski definition) is 3. The topological polar surface area (TPSA) is 113 Å². The van der Waals surface area contributed by atoms with E-state index in [2.05, 4.69) is 20.6 Å². The van der Waals surface area contributed by atoms with E-state index in [1.165, 1.54) is 12.3 Å². The normalized spacial score (nSPS) is 11.4. The standard InChI is InChI=1S/C23H23ClN4O4/c1-25-20-6-2-4-16(27-20)11-13-32-17-9-7-15(8-10-17)14-19(23(30)31)28-22(29)21-18(24)5-3-12-26-21/h2-10,12,19H,11,13-14H2,1H3,(H,25,27)(H,28,29)(H,30,31)/t19-/m0/s1. The van der Waals surface area contributed by atoms with Crippen LogP contribution in [0.3, 0.4) is 0 Å². The maximum absolute atomic E-state index is 12.3. The summed E-state index contributed by atoms with van der Waals surface area (Å²) in [5, 5.41) is 15.1. The molecule has 1 aromatic carbocycles. The van der Waals surface area contributed by atoms with Gasteiger partial charge in [-0.1, -0.05) is 29.8 Å². The third-order valence-corrected chi connectivity index (χ3v) is 4.93. The van der Waals surface area contributed by atoms with Crippen molar-refractivity contribution >= 4 is 29.3 Å². The van der Waals surface area contributed by atoms with Crippen molar-refractivity contribution in [3.05, 3.63) is 82.8 Å². The minimum atomic E-state index is -1.15. The molecule has 2 heterocycles. The number of amides is 1. The van der Waals surface area contributed by atoms with E-state index in [9.17, 15) is 14.7 Å². The van der Waals surface area contributed by atoms with Crippen LogP contribution in [0.4, 0.5) is 5.82 Å². The molecule has 0 aliphatic rings. The van der Waals surface area contributed by atoms with Gasteiger partial charge in [0.15, 0.2) is 0 Å². The van der Waals surface area contributed by atoms with Crippen LogP contribution in [0.25, 0.3) is 0 Å². The number of nitrogens with zero attached hydrogens (tertiary/aromatic N) is 2. The van der Waals surface area contributed by atoms with Crippen molar-refractivity contribution < 1.29 is 19.4 Å². The number of carbonyl (C=O) groups excluding carboxylic acids is 1. The monoisotopic (exact) mass is 454 g/mol. The number of aliphatic carboxylic acids is 1. The van der Waals surface area contributed by atoms with E-state index in [0.717, 1.165) is 17.1 Å². The lowest BCUT2D eigenvalue weighted by Crippen LogP contribution is -2.42. The number of benzene rings is 1. The summed E-state index contributed by atoms with van der Waals surface area (Å²) >= 11 is 5.96. The van der Waals surface area contributed by atoms with Gasteiger partial charge in [0.1, 0.15) is 23.3 Å². The molecule has 0 fully saturated rings. The number of carbonyl (C=O) groups is 2. The maximum atomic E-state index is 12.3. The second kappa shape index (κ2) is 11.1. The Morgan fingerprint density at radius 1 is 1.12 bits per heavy atom. The molecule has 1 atom stereocenters. The molecule has 166 valence electrons. The Hall–Kier alpha value is -3.65. The van der Waals surface area contributed by atoms with Crippen molar-refractivity contribution in [3.63, 3.8) is 0 Å². The second-order valence-corrected chi connectivity index (χ2v) is 7.32. The van der Waals surface area contributed by atoms with Gasteiger partial charge >= 0.3 is 5.97 Å². The van der Waals surface area contributed by atoms with Crippen LogP contribution in [0.2, 0.25) is 5.02 Å². The van der Waals surface area contributed by atoms with Crippen molar-refractivity contribution in [2.24, 2.45) is 0 Å². The van der Waals surface area contributed by atoms with Crippen molar-refractivity contribution in [2.45, 2.75) is 18.9 Å². The lowest BCUT2D eigenvalue weighted by atomic mass is 10.1. The van der Waals surface area contributed by atoms with Crippen LogP contribution in [0.1, 0.15) is 21.7 Å². The van der Waals surface area contributed by atoms with E-state index in [0.29, 0.717) is 18.8 Å². The minimum absolute atomic E-state index is 0.0149. The van der Waals surface area contributed by atoms with E-state index in [1.54, 1.807) is 30.3 Å². The first-order valence-corrected chi connectivity index (χ1v) is 10.3. The summed E-state index contributed by atoms with van der Waals surface area (Å²) in [5.74, 6) is -0.326.